The molecule has 2 heterocycles. The van der Waals surface area contributed by atoms with Gasteiger partial charge in [0.05, 0.1) is 12.0 Å². The first-order valence-electron chi connectivity index (χ1n) is 6.46. The summed E-state index contributed by atoms with van der Waals surface area (Å²) in [6.45, 7) is 3.10. The van der Waals surface area contributed by atoms with Crippen molar-refractivity contribution in [1.29, 1.82) is 0 Å². The maximum Gasteiger partial charge on any atom is 0.317 e. The largest absolute Gasteiger partial charge is 0.481 e. The highest BCUT2D eigenvalue weighted by Gasteiger charge is 2.44. The highest BCUT2D eigenvalue weighted by molar-refractivity contribution is 9.10. The van der Waals surface area contributed by atoms with E-state index in [1.54, 1.807) is 16.2 Å². The van der Waals surface area contributed by atoms with Crippen molar-refractivity contribution in [1.82, 2.24) is 10.2 Å². The number of carbonyl (C=O) groups excluding carboxylic acids is 1. The molecule has 2 amide bonds. The molecule has 2 N–H and O–H groups in total. The Hall–Kier alpha value is -1.08. The van der Waals surface area contributed by atoms with Gasteiger partial charge in [-0.25, -0.2) is 4.79 Å². The zero-order chi connectivity index (χ0) is 14.8. The summed E-state index contributed by atoms with van der Waals surface area (Å²) in [4.78, 5) is 26.1. The number of rotatable bonds is 4. The number of hydrogen-bond acceptors (Lipinski definition) is 3. The molecule has 1 atom stereocenters. The molecule has 0 radical (unpaired) electrons. The third-order valence-electron chi connectivity index (χ3n) is 3.86. The number of nitrogens with zero attached hydrogens (tertiary/aromatic N) is 1. The summed E-state index contributed by atoms with van der Waals surface area (Å²) in [5.74, 6) is -0.809. The van der Waals surface area contributed by atoms with Gasteiger partial charge < -0.3 is 15.3 Å². The Balaban J connectivity index is 1.92. The van der Waals surface area contributed by atoms with Crippen molar-refractivity contribution in [3.05, 3.63) is 20.8 Å². The molecule has 1 saturated heterocycles. The summed E-state index contributed by atoms with van der Waals surface area (Å²) in [5, 5.41) is 14.1. The van der Waals surface area contributed by atoms with Gasteiger partial charge in [-0.3, -0.25) is 4.79 Å². The summed E-state index contributed by atoms with van der Waals surface area (Å²) >= 11 is 4.99. The van der Waals surface area contributed by atoms with E-state index in [0.29, 0.717) is 25.9 Å². The Bertz CT molecular complexity index is 519. The summed E-state index contributed by atoms with van der Waals surface area (Å²) in [6, 6.07) is 1.75. The zero-order valence-corrected chi connectivity index (χ0v) is 13.6. The minimum absolute atomic E-state index is 0.193. The Labute approximate surface area is 130 Å². The quantitative estimate of drug-likeness (QED) is 0.867. The van der Waals surface area contributed by atoms with E-state index in [1.807, 2.05) is 18.4 Å². The third-order valence-corrected chi connectivity index (χ3v) is 5.79. The molecular weight excluding hydrogens is 344 g/mol. The summed E-state index contributed by atoms with van der Waals surface area (Å²) in [6.07, 6.45) is 1.07. The van der Waals surface area contributed by atoms with Crippen LogP contribution in [0.4, 0.5) is 4.79 Å². The van der Waals surface area contributed by atoms with Gasteiger partial charge in [0.25, 0.3) is 0 Å². The Kier molecular flexibility index (Phi) is 4.70. The fourth-order valence-corrected chi connectivity index (χ4v) is 3.81. The van der Waals surface area contributed by atoms with Gasteiger partial charge in [-0.05, 0) is 40.2 Å². The SMILES string of the molecule is CCC1(C(=O)O)CCN(C(=O)NCc2sccc2Br)C1. The summed E-state index contributed by atoms with van der Waals surface area (Å²) < 4.78 is 0.984. The molecule has 20 heavy (non-hydrogen) atoms. The maximum atomic E-state index is 12.1. The maximum absolute atomic E-state index is 12.1. The van der Waals surface area contributed by atoms with Crippen LogP contribution in [0.5, 0.6) is 0 Å². The Morgan fingerprint density at radius 1 is 1.60 bits per heavy atom. The fourth-order valence-electron chi connectivity index (χ4n) is 2.38. The molecule has 1 aliphatic heterocycles. The fraction of sp³-hybridized carbons (Fsp3) is 0.538. The normalized spacial score (nSPS) is 22.0. The van der Waals surface area contributed by atoms with Gasteiger partial charge in [0.1, 0.15) is 0 Å². The van der Waals surface area contributed by atoms with E-state index < -0.39 is 11.4 Å². The predicted octanol–water partition coefficient (Wildman–Crippen LogP) is 2.91. The first kappa shape index (κ1) is 15.3. The standard InChI is InChI=1S/C13H17BrN2O3S/c1-2-13(11(17)18)4-5-16(8-13)12(19)15-7-10-9(14)3-6-20-10/h3,6H,2,4-5,7-8H2,1H3,(H,15,19)(H,17,18). The van der Waals surface area contributed by atoms with E-state index in [1.165, 1.54) is 0 Å². The van der Waals surface area contributed by atoms with Gasteiger partial charge in [0, 0.05) is 22.4 Å². The molecule has 1 aliphatic rings. The lowest BCUT2D eigenvalue weighted by Crippen LogP contribution is -2.41. The molecule has 0 spiro atoms. The second-order valence-electron chi connectivity index (χ2n) is 4.96. The van der Waals surface area contributed by atoms with Gasteiger partial charge in [-0.2, -0.15) is 0 Å². The first-order chi connectivity index (χ1) is 9.48. The van der Waals surface area contributed by atoms with Crippen LogP contribution in [0.1, 0.15) is 24.6 Å². The Morgan fingerprint density at radius 2 is 2.35 bits per heavy atom. The monoisotopic (exact) mass is 360 g/mol. The van der Waals surface area contributed by atoms with Gasteiger partial charge >= 0.3 is 12.0 Å². The molecule has 7 heteroatoms. The number of amides is 2. The average molecular weight is 361 g/mol. The van der Waals surface area contributed by atoms with Crippen LogP contribution < -0.4 is 5.32 Å². The molecule has 110 valence electrons. The van der Waals surface area contributed by atoms with E-state index in [9.17, 15) is 14.7 Å². The minimum atomic E-state index is -0.809. The van der Waals surface area contributed by atoms with Crippen LogP contribution in [0.25, 0.3) is 0 Å². The van der Waals surface area contributed by atoms with Crippen LogP contribution in [0.3, 0.4) is 0 Å². The smallest absolute Gasteiger partial charge is 0.317 e. The molecule has 2 rings (SSSR count). The van der Waals surface area contributed by atoms with Gasteiger partial charge in [-0.1, -0.05) is 6.92 Å². The van der Waals surface area contributed by atoms with E-state index >= 15 is 0 Å². The van der Waals surface area contributed by atoms with Crippen LogP contribution >= 0.6 is 27.3 Å². The van der Waals surface area contributed by atoms with Crippen LogP contribution in [0.2, 0.25) is 0 Å². The van der Waals surface area contributed by atoms with Crippen LogP contribution in [-0.4, -0.2) is 35.1 Å². The topological polar surface area (TPSA) is 69.6 Å². The third kappa shape index (κ3) is 2.98. The Morgan fingerprint density at radius 3 is 2.85 bits per heavy atom. The molecule has 0 saturated carbocycles. The van der Waals surface area contributed by atoms with Gasteiger partial charge in [0.2, 0.25) is 0 Å². The molecule has 0 bridgehead atoms. The first-order valence-corrected chi connectivity index (χ1v) is 8.14. The van der Waals surface area contributed by atoms with Crippen LogP contribution in [0, 0.1) is 5.41 Å². The van der Waals surface area contributed by atoms with Crippen molar-refractivity contribution < 1.29 is 14.7 Å². The van der Waals surface area contributed by atoms with Crippen molar-refractivity contribution in [3.8, 4) is 0 Å². The van der Waals surface area contributed by atoms with E-state index in [2.05, 4.69) is 21.2 Å². The molecule has 1 fully saturated rings. The van der Waals surface area contributed by atoms with Crippen molar-refractivity contribution in [2.24, 2.45) is 5.41 Å². The number of halogens is 1. The lowest BCUT2D eigenvalue weighted by Gasteiger charge is -2.23. The zero-order valence-electron chi connectivity index (χ0n) is 11.2. The van der Waals surface area contributed by atoms with Crippen molar-refractivity contribution in [3.63, 3.8) is 0 Å². The summed E-state index contributed by atoms with van der Waals surface area (Å²) in [5.41, 5.74) is -0.777. The van der Waals surface area contributed by atoms with E-state index in [0.717, 1.165) is 9.35 Å². The second-order valence-corrected chi connectivity index (χ2v) is 6.82. The van der Waals surface area contributed by atoms with Crippen LogP contribution in [0.15, 0.2) is 15.9 Å². The molecule has 5 nitrogen and oxygen atoms in total. The number of nitrogens with one attached hydrogen (secondary N) is 1. The highest BCUT2D eigenvalue weighted by atomic mass is 79.9. The molecule has 1 aromatic heterocycles. The van der Waals surface area contributed by atoms with Crippen molar-refractivity contribution in [2.75, 3.05) is 13.1 Å². The van der Waals surface area contributed by atoms with Crippen LogP contribution in [-0.2, 0) is 11.3 Å². The second kappa shape index (κ2) is 6.13. The number of aliphatic carboxylic acids is 1. The van der Waals surface area contributed by atoms with E-state index in [4.69, 9.17) is 0 Å². The lowest BCUT2D eigenvalue weighted by molar-refractivity contribution is -0.148. The minimum Gasteiger partial charge on any atom is -0.481 e. The number of carboxylic acids is 1. The number of likely N-dealkylation sites (tertiary alicyclic amines) is 1. The number of hydrogen-bond donors (Lipinski definition) is 2. The number of urea groups is 1. The number of carboxylic acid groups (broad SMARTS) is 1. The molecule has 1 unspecified atom stereocenters. The lowest BCUT2D eigenvalue weighted by atomic mass is 9.84. The molecular formula is C13H17BrN2O3S. The average Bonchev–Trinajstić information content (AvgIpc) is 3.03. The van der Waals surface area contributed by atoms with Gasteiger partial charge in [0.15, 0.2) is 0 Å². The van der Waals surface area contributed by atoms with Crippen molar-refractivity contribution >= 4 is 39.3 Å². The molecule has 1 aromatic rings. The number of thiophene rings is 1. The molecule has 0 aliphatic carbocycles. The summed E-state index contributed by atoms with van der Waals surface area (Å²) in [7, 11) is 0. The van der Waals surface area contributed by atoms with Crippen molar-refractivity contribution in [2.45, 2.75) is 26.3 Å². The number of carbonyl (C=O) groups is 2. The highest BCUT2D eigenvalue weighted by Crippen LogP contribution is 2.34. The predicted molar refractivity (Wildman–Crippen MR) is 80.8 cm³/mol. The van der Waals surface area contributed by atoms with Gasteiger partial charge in [-0.15, -0.1) is 11.3 Å². The van der Waals surface area contributed by atoms with E-state index in [-0.39, 0.29) is 12.6 Å². The molecule has 0 aromatic carbocycles.